The molecule has 1 aliphatic carbocycles. The van der Waals surface area contributed by atoms with Gasteiger partial charge < -0.3 is 59.9 Å². The third-order valence-corrected chi connectivity index (χ3v) is 13.2. The van der Waals surface area contributed by atoms with Crippen LogP contribution >= 0.6 is 15.6 Å². The van der Waals surface area contributed by atoms with Crippen LogP contribution in [0, 0.1) is 11.8 Å². The minimum atomic E-state index is -5.77. The van der Waals surface area contributed by atoms with Crippen molar-refractivity contribution in [3.63, 3.8) is 0 Å². The molecule has 1 aliphatic heterocycles. The number of carbonyl (C=O) groups excluding carboxylic acids is 2. The molecular weight excluding hydrogens is 930 g/mol. The van der Waals surface area contributed by atoms with Gasteiger partial charge in [0, 0.05) is 24.7 Å². The smallest absolute Gasteiger partial charge is 0.461 e. The largest absolute Gasteiger partial charge is 0.472 e. The summed E-state index contributed by atoms with van der Waals surface area (Å²) in [4.78, 5) is 56.6. The topological polar surface area (TPSA) is 317 Å². The molecule has 1 saturated carbocycles. The van der Waals surface area contributed by atoms with Crippen molar-refractivity contribution in [3.8, 4) is 0 Å². The van der Waals surface area contributed by atoms with Gasteiger partial charge in [-0.1, -0.05) is 120 Å². The lowest BCUT2D eigenvalue weighted by Crippen LogP contribution is -2.56. The number of aliphatic hydroxyl groups is 7. The number of allylic oxidation sites excluding steroid dienone is 7. The third kappa shape index (κ3) is 25.6. The van der Waals surface area contributed by atoms with E-state index in [1.807, 2.05) is 6.92 Å². The van der Waals surface area contributed by atoms with Crippen molar-refractivity contribution in [2.75, 3.05) is 13.2 Å². The van der Waals surface area contributed by atoms with Crippen LogP contribution < -0.4 is 0 Å². The molecule has 0 aromatic heterocycles. The van der Waals surface area contributed by atoms with Crippen LogP contribution in [-0.4, -0.2) is 137 Å². The number of rotatable bonds is 24. The number of phosphoric ester groups is 2. The molecule has 0 amide bonds. The summed E-state index contributed by atoms with van der Waals surface area (Å²) in [6, 6.07) is 0. The fourth-order valence-corrected chi connectivity index (χ4v) is 9.29. The molecule has 0 radical (unpaired) electrons. The lowest BCUT2D eigenvalue weighted by Gasteiger charge is -2.38. The first-order chi connectivity index (χ1) is 32.3. The molecule has 0 aromatic carbocycles. The number of phosphoric acid groups is 2. The Balaban J connectivity index is 2.29. The molecule has 10 N–H and O–H groups in total. The van der Waals surface area contributed by atoms with E-state index in [9.17, 15) is 69.1 Å². The standard InChI is InChI=1S/C47H80O19P2/c1-3-5-7-8-9-10-11-12-13-14-15-16-17-18-19-20-22-28-41(52)64-35-32-62-40(51)27-24-23-26-36-38(49)31-39(50)37(30-29-34(48)25-21-6-4-2)43(54)46(65-67(57,58)59)47(45(56)44(55)42(36)53)66-68(60,61)63-33-35/h9-10,12-13,15-16,23-24,29-30,34-39,42-50,53-56H,3-8,11,14,17-22,25-28,31-33H2,1-2H3,(H,60,61)(H2,57,58,59)/b10-9-,13-12-,16-15-,24-23-,30-29+/t34-,35-,36-,37+,38+,39-,42-,43-,44+,45-,46-,47+/m1/s1. The Labute approximate surface area is 401 Å². The zero-order valence-corrected chi connectivity index (χ0v) is 41.4. The summed E-state index contributed by atoms with van der Waals surface area (Å²) in [5.41, 5.74) is 0. The Kier molecular flexibility index (Phi) is 30.9. The Hall–Kier alpha value is -2.42. The molecule has 1 heterocycles. The van der Waals surface area contributed by atoms with Crippen molar-refractivity contribution in [3.05, 3.63) is 60.8 Å². The minimum absolute atomic E-state index is 0.0633. The Morgan fingerprint density at radius 1 is 0.809 bits per heavy atom. The van der Waals surface area contributed by atoms with Gasteiger partial charge in [-0.3, -0.25) is 23.2 Å². The van der Waals surface area contributed by atoms with Gasteiger partial charge in [-0.05, 0) is 57.8 Å². The van der Waals surface area contributed by atoms with E-state index in [0.29, 0.717) is 19.3 Å². The first-order valence-corrected chi connectivity index (χ1v) is 27.1. The van der Waals surface area contributed by atoms with Gasteiger partial charge in [0.2, 0.25) is 0 Å². The molecule has 13 atom stereocenters. The van der Waals surface area contributed by atoms with E-state index in [2.05, 4.69) is 43.4 Å². The van der Waals surface area contributed by atoms with Crippen molar-refractivity contribution >= 4 is 27.6 Å². The Morgan fingerprint density at radius 2 is 1.43 bits per heavy atom. The lowest BCUT2D eigenvalue weighted by molar-refractivity contribution is -0.165. The maximum Gasteiger partial charge on any atom is 0.472 e. The first kappa shape index (κ1) is 61.7. The Morgan fingerprint density at radius 3 is 2.07 bits per heavy atom. The summed E-state index contributed by atoms with van der Waals surface area (Å²) in [7, 11) is -11.4. The molecule has 1 unspecified atom stereocenters. The van der Waals surface area contributed by atoms with Gasteiger partial charge in [-0.15, -0.1) is 0 Å². The summed E-state index contributed by atoms with van der Waals surface area (Å²) in [6.45, 7) is 2.47. The second kappa shape index (κ2) is 34.0. The number of esters is 2. The lowest BCUT2D eigenvalue weighted by atomic mass is 9.83. The summed E-state index contributed by atoms with van der Waals surface area (Å²) in [5.74, 6) is -4.79. The molecule has 0 aromatic rings. The van der Waals surface area contributed by atoms with Crippen molar-refractivity contribution < 1.29 is 92.2 Å². The van der Waals surface area contributed by atoms with Crippen LogP contribution in [0.5, 0.6) is 0 Å². The summed E-state index contributed by atoms with van der Waals surface area (Å²) in [5, 5.41) is 79.4. The average molecular weight is 1010 g/mol. The number of ether oxygens (including phenoxy) is 2. The van der Waals surface area contributed by atoms with E-state index in [1.165, 1.54) is 37.5 Å². The highest BCUT2D eigenvalue weighted by atomic mass is 31.2. The fraction of sp³-hybridized carbons (Fsp3) is 0.745. The number of hydrogen-bond acceptors (Lipinski definition) is 16. The number of carbonyl (C=O) groups is 2. The van der Waals surface area contributed by atoms with Crippen molar-refractivity contribution in [2.24, 2.45) is 11.8 Å². The molecule has 2 bridgehead atoms. The first-order valence-electron chi connectivity index (χ1n) is 24.1. The van der Waals surface area contributed by atoms with Crippen molar-refractivity contribution in [1.82, 2.24) is 0 Å². The molecule has 1 fully saturated rings. The van der Waals surface area contributed by atoms with E-state index in [-0.39, 0.29) is 25.7 Å². The normalized spacial score (nSPS) is 31.9. The van der Waals surface area contributed by atoms with Crippen LogP contribution in [0.2, 0.25) is 0 Å². The molecule has 2 rings (SSSR count). The molecule has 0 saturated heterocycles. The molecule has 21 heteroatoms. The predicted molar refractivity (Wildman–Crippen MR) is 252 cm³/mol. The summed E-state index contributed by atoms with van der Waals surface area (Å²) >= 11 is 0. The van der Waals surface area contributed by atoms with E-state index in [0.717, 1.165) is 57.4 Å². The zero-order chi connectivity index (χ0) is 50.5. The zero-order valence-electron chi connectivity index (χ0n) is 39.6. The van der Waals surface area contributed by atoms with Crippen LogP contribution in [0.1, 0.15) is 136 Å². The average Bonchev–Trinajstić information content (AvgIpc) is 3.28. The molecule has 2 aliphatic rings. The molecule has 0 spiro atoms. The second-order valence-corrected chi connectivity index (χ2v) is 20.1. The quantitative estimate of drug-likeness (QED) is 0.0249. The van der Waals surface area contributed by atoms with Gasteiger partial charge in [0.1, 0.15) is 31.0 Å². The van der Waals surface area contributed by atoms with Crippen LogP contribution in [0.25, 0.3) is 0 Å². The van der Waals surface area contributed by atoms with Gasteiger partial charge in [0.05, 0.1) is 43.5 Å². The number of fused-ring (bicyclic) bond motifs is 4. The summed E-state index contributed by atoms with van der Waals surface area (Å²) in [6.07, 6.45) is 7.82. The van der Waals surface area contributed by atoms with Gasteiger partial charge in [0.25, 0.3) is 0 Å². The van der Waals surface area contributed by atoms with Crippen LogP contribution in [0.15, 0.2) is 60.8 Å². The number of hydrogen-bond donors (Lipinski definition) is 10. The molecule has 19 nitrogen and oxygen atoms in total. The Bertz CT molecular complexity index is 1670. The van der Waals surface area contributed by atoms with E-state index in [4.69, 9.17) is 23.0 Å². The SMILES string of the molecule is CCCCC/C=C\C/C=C\C/C=C\CCCCCCC(=O)O[C@@H]1COC(=O)C/C=C\C[C@H]2[C@@H](O)[C@H](O)[C@@H](O)[C@H](OP(=O)(O)OC1)[C@H](OP(=O)(O)O)[C@H](O)[C@@H](/C=C/[C@H](O)CCCCC)[C@H](O)C[C@@H]2O. The highest BCUT2D eigenvalue weighted by molar-refractivity contribution is 7.47. The van der Waals surface area contributed by atoms with Gasteiger partial charge in [-0.2, -0.15) is 0 Å². The van der Waals surface area contributed by atoms with E-state index >= 15 is 0 Å². The maximum absolute atomic E-state index is 13.7. The van der Waals surface area contributed by atoms with E-state index in [1.54, 1.807) is 0 Å². The number of aliphatic hydroxyl groups excluding tert-OH is 7. The maximum atomic E-state index is 13.7. The van der Waals surface area contributed by atoms with Gasteiger partial charge in [0.15, 0.2) is 6.10 Å². The van der Waals surface area contributed by atoms with Crippen LogP contribution in [0.4, 0.5) is 0 Å². The monoisotopic (exact) mass is 1010 g/mol. The highest BCUT2D eigenvalue weighted by Gasteiger charge is 2.51. The predicted octanol–water partition coefficient (Wildman–Crippen LogP) is 5.44. The van der Waals surface area contributed by atoms with Gasteiger partial charge in [-0.25, -0.2) is 9.13 Å². The third-order valence-electron chi connectivity index (χ3n) is 11.7. The number of cyclic esters (lactones) is 1. The van der Waals surface area contributed by atoms with Crippen molar-refractivity contribution in [1.29, 1.82) is 0 Å². The van der Waals surface area contributed by atoms with Crippen LogP contribution in [0.3, 0.4) is 0 Å². The molecule has 68 heavy (non-hydrogen) atoms. The van der Waals surface area contributed by atoms with Crippen LogP contribution in [-0.2, 0) is 41.8 Å². The van der Waals surface area contributed by atoms with E-state index < -0.39 is 120 Å². The number of unbranched alkanes of at least 4 members (excludes halogenated alkanes) is 9. The minimum Gasteiger partial charge on any atom is -0.461 e. The van der Waals surface area contributed by atoms with Crippen molar-refractivity contribution in [2.45, 2.75) is 197 Å². The molecule has 392 valence electrons. The second-order valence-electron chi connectivity index (χ2n) is 17.5. The summed E-state index contributed by atoms with van der Waals surface area (Å²) < 4.78 is 51.9. The van der Waals surface area contributed by atoms with Gasteiger partial charge >= 0.3 is 27.6 Å². The fourth-order valence-electron chi connectivity index (χ4n) is 7.77. The molecular formula is C47H80O19P2. The highest BCUT2D eigenvalue weighted by Crippen LogP contribution is 2.49.